The highest BCUT2D eigenvalue weighted by molar-refractivity contribution is 5.62. The summed E-state index contributed by atoms with van der Waals surface area (Å²) in [5, 5.41) is 9.82. The summed E-state index contributed by atoms with van der Waals surface area (Å²) in [5.74, 6) is -5.05. The van der Waals surface area contributed by atoms with Gasteiger partial charge in [-0.05, 0) is 0 Å². The second-order valence-corrected chi connectivity index (χ2v) is 2.32. The molecule has 0 saturated carbocycles. The maximum absolute atomic E-state index is 12.1. The fourth-order valence-corrected chi connectivity index (χ4v) is 0.452. The lowest BCUT2D eigenvalue weighted by atomic mass is 10.3. The van der Waals surface area contributed by atoms with Crippen molar-refractivity contribution in [3.05, 3.63) is 0 Å². The van der Waals surface area contributed by atoms with Gasteiger partial charge in [0.25, 0.3) is 0 Å². The van der Waals surface area contributed by atoms with Crippen molar-refractivity contribution in [2.75, 3.05) is 13.6 Å². The molecule has 0 heterocycles. The van der Waals surface area contributed by atoms with Crippen molar-refractivity contribution >= 4 is 6.09 Å². The maximum atomic E-state index is 12.1. The van der Waals surface area contributed by atoms with Gasteiger partial charge in [0.15, 0.2) is 0 Å². The molecule has 1 amide bonds. The van der Waals surface area contributed by atoms with Crippen LogP contribution in [0.5, 0.6) is 0 Å². The first-order chi connectivity index (χ1) is 5.58. The van der Waals surface area contributed by atoms with Gasteiger partial charge in [-0.15, -0.1) is 0 Å². The fourth-order valence-electron chi connectivity index (χ4n) is 0.452. The minimum Gasteiger partial charge on any atom is -0.530 e. The van der Waals surface area contributed by atoms with E-state index in [0.29, 0.717) is 7.05 Å². The van der Waals surface area contributed by atoms with Gasteiger partial charge in [-0.1, -0.05) is 0 Å². The van der Waals surface area contributed by atoms with Crippen LogP contribution in [0.2, 0.25) is 0 Å². The van der Waals surface area contributed by atoms with E-state index in [0.717, 1.165) is 0 Å². The number of nitrogens with zero attached hydrogens (tertiary/aromatic N) is 1. The highest BCUT2D eigenvalue weighted by Gasteiger charge is 2.57. The molecule has 0 fully saturated rings. The van der Waals surface area contributed by atoms with Crippen molar-refractivity contribution in [3.8, 4) is 0 Å². The molecule has 0 atom stereocenters. The van der Waals surface area contributed by atoms with Crippen molar-refractivity contribution < 1.29 is 31.9 Å². The lowest BCUT2D eigenvalue weighted by Crippen LogP contribution is -2.50. The smallest absolute Gasteiger partial charge is 0.455 e. The highest BCUT2D eigenvalue weighted by Crippen LogP contribution is 2.35. The largest absolute Gasteiger partial charge is 0.530 e. The molecule has 0 radical (unpaired) electrons. The van der Waals surface area contributed by atoms with Gasteiger partial charge in [0.1, 0.15) is 6.09 Å². The van der Waals surface area contributed by atoms with Crippen LogP contribution in [0.1, 0.15) is 0 Å². The maximum Gasteiger partial charge on any atom is 0.455 e. The molecule has 3 nitrogen and oxygen atoms in total. The Morgan fingerprint density at radius 3 is 1.92 bits per heavy atom. The summed E-state index contributed by atoms with van der Waals surface area (Å²) in [6.45, 7) is -1.96. The standard InChI is InChI=1S/C5H6F5NO2/c1-11(3(12)13)2-4(6,7)5(8,9)10/h2H2,1H3,(H,12,13)/p-1. The number of carbonyl (C=O) groups excluding carboxylic acids is 1. The molecule has 0 aliphatic rings. The number of halogens is 5. The lowest BCUT2D eigenvalue weighted by Gasteiger charge is -2.26. The summed E-state index contributed by atoms with van der Waals surface area (Å²) < 4.78 is 58.6. The molecular weight excluding hydrogens is 201 g/mol. The number of alkyl halides is 5. The van der Waals surface area contributed by atoms with Gasteiger partial charge in [0.2, 0.25) is 0 Å². The quantitative estimate of drug-likeness (QED) is 0.616. The van der Waals surface area contributed by atoms with E-state index in [1.54, 1.807) is 0 Å². The minimum atomic E-state index is -5.75. The Morgan fingerprint density at radius 2 is 1.69 bits per heavy atom. The average Bonchev–Trinajstić information content (AvgIpc) is 1.83. The molecular formula is C5H5F5NO2-. The summed E-state index contributed by atoms with van der Waals surface area (Å²) in [7, 11) is 0.564. The van der Waals surface area contributed by atoms with E-state index in [9.17, 15) is 31.9 Å². The second kappa shape index (κ2) is 3.35. The van der Waals surface area contributed by atoms with E-state index in [-0.39, 0.29) is 4.90 Å². The predicted molar refractivity (Wildman–Crippen MR) is 29.0 cm³/mol. The molecule has 8 heteroatoms. The summed E-state index contributed by atoms with van der Waals surface area (Å²) in [6, 6.07) is 0. The van der Waals surface area contributed by atoms with Gasteiger partial charge in [-0.3, -0.25) is 0 Å². The number of rotatable bonds is 2. The summed E-state index contributed by atoms with van der Waals surface area (Å²) in [6.07, 6.45) is -7.85. The second-order valence-electron chi connectivity index (χ2n) is 2.32. The monoisotopic (exact) mass is 206 g/mol. The Morgan fingerprint density at radius 1 is 1.31 bits per heavy atom. The Hall–Kier alpha value is -1.08. The lowest BCUT2D eigenvalue weighted by molar-refractivity contribution is -0.297. The number of hydrogen-bond acceptors (Lipinski definition) is 2. The Kier molecular flexibility index (Phi) is 3.07. The average molecular weight is 206 g/mol. The van der Waals surface area contributed by atoms with Gasteiger partial charge < -0.3 is 14.8 Å². The first-order valence-corrected chi connectivity index (χ1v) is 2.94. The summed E-state index contributed by atoms with van der Waals surface area (Å²) in [5.41, 5.74) is 0. The van der Waals surface area contributed by atoms with Crippen LogP contribution < -0.4 is 5.11 Å². The van der Waals surface area contributed by atoms with Gasteiger partial charge >= 0.3 is 12.1 Å². The molecule has 0 rings (SSSR count). The van der Waals surface area contributed by atoms with Gasteiger partial charge in [0, 0.05) is 7.05 Å². The normalized spacial score (nSPS) is 12.8. The number of amides is 1. The molecule has 0 saturated heterocycles. The Bertz CT molecular complexity index is 202. The SMILES string of the molecule is CN(CC(F)(F)C(F)(F)F)C(=O)[O-]. The third-order valence-electron chi connectivity index (χ3n) is 1.16. The fraction of sp³-hybridized carbons (Fsp3) is 0.800. The van der Waals surface area contributed by atoms with E-state index in [1.807, 2.05) is 0 Å². The molecule has 0 N–H and O–H groups in total. The highest BCUT2D eigenvalue weighted by atomic mass is 19.4. The summed E-state index contributed by atoms with van der Waals surface area (Å²) >= 11 is 0. The zero-order valence-electron chi connectivity index (χ0n) is 6.36. The molecule has 78 valence electrons. The van der Waals surface area contributed by atoms with E-state index in [4.69, 9.17) is 0 Å². The van der Waals surface area contributed by atoms with Gasteiger partial charge in [-0.25, -0.2) is 0 Å². The molecule has 0 aromatic carbocycles. The van der Waals surface area contributed by atoms with Crippen molar-refractivity contribution in [1.82, 2.24) is 4.90 Å². The number of carbonyl (C=O) groups is 1. The van der Waals surface area contributed by atoms with E-state index in [1.165, 1.54) is 0 Å². The van der Waals surface area contributed by atoms with Crippen molar-refractivity contribution in [2.24, 2.45) is 0 Å². The predicted octanol–water partition coefficient (Wildman–Crippen LogP) is 0.459. The van der Waals surface area contributed by atoms with Gasteiger partial charge in [0.05, 0.1) is 6.54 Å². The molecule has 0 bridgehead atoms. The zero-order valence-corrected chi connectivity index (χ0v) is 6.36. The molecule has 0 spiro atoms. The van der Waals surface area contributed by atoms with E-state index < -0.39 is 24.7 Å². The molecule has 0 aromatic rings. The van der Waals surface area contributed by atoms with Crippen molar-refractivity contribution in [2.45, 2.75) is 12.1 Å². The van der Waals surface area contributed by atoms with Gasteiger partial charge in [-0.2, -0.15) is 22.0 Å². The molecule has 0 aliphatic carbocycles. The first-order valence-electron chi connectivity index (χ1n) is 2.94. The molecule has 0 aliphatic heterocycles. The van der Waals surface area contributed by atoms with Crippen LogP contribution in [0.4, 0.5) is 26.7 Å². The van der Waals surface area contributed by atoms with Crippen LogP contribution in [-0.2, 0) is 0 Å². The van der Waals surface area contributed by atoms with Crippen LogP contribution in [0.15, 0.2) is 0 Å². The number of hydrogen-bond donors (Lipinski definition) is 0. The van der Waals surface area contributed by atoms with Crippen molar-refractivity contribution in [3.63, 3.8) is 0 Å². The van der Waals surface area contributed by atoms with Crippen LogP contribution in [0.3, 0.4) is 0 Å². The van der Waals surface area contributed by atoms with Crippen LogP contribution >= 0.6 is 0 Å². The third-order valence-corrected chi connectivity index (χ3v) is 1.16. The van der Waals surface area contributed by atoms with E-state index >= 15 is 0 Å². The van der Waals surface area contributed by atoms with Crippen LogP contribution in [-0.4, -0.2) is 36.7 Å². The number of carboxylic acid groups (broad SMARTS) is 1. The molecule has 0 aromatic heterocycles. The molecule has 13 heavy (non-hydrogen) atoms. The Balaban J connectivity index is 4.43. The topological polar surface area (TPSA) is 43.4 Å². The van der Waals surface area contributed by atoms with Crippen LogP contribution in [0.25, 0.3) is 0 Å². The molecule has 0 unspecified atom stereocenters. The van der Waals surface area contributed by atoms with Crippen molar-refractivity contribution in [1.29, 1.82) is 0 Å². The van der Waals surface area contributed by atoms with Crippen LogP contribution in [0, 0.1) is 0 Å². The first kappa shape index (κ1) is 11.9. The Labute approximate surface area is 69.7 Å². The summed E-state index contributed by atoms with van der Waals surface area (Å²) in [4.78, 5) is 9.58. The third kappa shape index (κ3) is 3.03. The minimum absolute atomic E-state index is 0.243. The zero-order chi connectivity index (χ0) is 10.9. The van der Waals surface area contributed by atoms with E-state index in [2.05, 4.69) is 0 Å².